The summed E-state index contributed by atoms with van der Waals surface area (Å²) in [6, 6.07) is 12.4. The normalized spacial score (nSPS) is 29.1. The van der Waals surface area contributed by atoms with E-state index in [2.05, 4.69) is 6.07 Å². The van der Waals surface area contributed by atoms with Crippen LogP contribution >= 0.6 is 0 Å². The topological polar surface area (TPSA) is 53.3 Å². The first-order chi connectivity index (χ1) is 10.3. The Hall–Kier alpha value is -1.86. The van der Waals surface area contributed by atoms with Crippen LogP contribution in [0.25, 0.3) is 0 Å². The minimum Gasteiger partial charge on any atom is -0.381 e. The van der Waals surface area contributed by atoms with Gasteiger partial charge in [0.15, 0.2) is 0 Å². The van der Waals surface area contributed by atoms with Crippen LogP contribution in [0.4, 0.5) is 0 Å². The first-order valence-electron chi connectivity index (χ1n) is 7.60. The van der Waals surface area contributed by atoms with Crippen molar-refractivity contribution in [3.8, 4) is 6.07 Å². The zero-order valence-corrected chi connectivity index (χ0v) is 12.1. The van der Waals surface area contributed by atoms with Gasteiger partial charge in [-0.15, -0.1) is 0 Å². The van der Waals surface area contributed by atoms with Gasteiger partial charge in [0.05, 0.1) is 24.5 Å². The highest BCUT2D eigenvalue weighted by Crippen LogP contribution is 2.33. The number of likely N-dealkylation sites (tertiary alicyclic amines) is 1. The molecule has 2 aliphatic heterocycles. The Morgan fingerprint density at radius 3 is 2.76 bits per heavy atom. The average molecular weight is 284 g/mol. The summed E-state index contributed by atoms with van der Waals surface area (Å²) in [5.74, 6) is 0.159. The van der Waals surface area contributed by atoms with E-state index in [1.54, 1.807) is 0 Å². The molecule has 0 spiro atoms. The minimum atomic E-state index is -0.110. The molecule has 3 rings (SSSR count). The van der Waals surface area contributed by atoms with Gasteiger partial charge in [-0.25, -0.2) is 0 Å². The molecule has 3 atom stereocenters. The van der Waals surface area contributed by atoms with Crippen molar-refractivity contribution < 1.29 is 9.53 Å². The second-order valence-electron chi connectivity index (χ2n) is 5.91. The highest BCUT2D eigenvalue weighted by molar-refractivity contribution is 5.79. The summed E-state index contributed by atoms with van der Waals surface area (Å²) in [6.07, 6.45) is 1.86. The van der Waals surface area contributed by atoms with Crippen LogP contribution in [0.2, 0.25) is 0 Å². The molecule has 2 fully saturated rings. The lowest BCUT2D eigenvalue weighted by Gasteiger charge is -2.26. The number of carbonyl (C=O) groups excluding carboxylic acids is 1. The zero-order chi connectivity index (χ0) is 14.7. The number of nitriles is 1. The average Bonchev–Trinajstić information content (AvgIpc) is 3.00. The second-order valence-corrected chi connectivity index (χ2v) is 5.91. The molecule has 1 amide bonds. The molecule has 0 unspecified atom stereocenters. The summed E-state index contributed by atoms with van der Waals surface area (Å²) in [7, 11) is 0. The fraction of sp³-hybridized carbons (Fsp3) is 0.529. The van der Waals surface area contributed by atoms with Gasteiger partial charge in [0.1, 0.15) is 0 Å². The summed E-state index contributed by atoms with van der Waals surface area (Å²) in [5, 5.41) is 9.40. The van der Waals surface area contributed by atoms with Crippen LogP contribution in [-0.2, 0) is 9.53 Å². The second kappa shape index (κ2) is 6.28. The van der Waals surface area contributed by atoms with Crippen LogP contribution in [0, 0.1) is 23.2 Å². The van der Waals surface area contributed by atoms with E-state index in [0.717, 1.165) is 25.0 Å². The molecule has 0 bridgehead atoms. The number of carbonyl (C=O) groups is 1. The van der Waals surface area contributed by atoms with Gasteiger partial charge in [0.25, 0.3) is 0 Å². The van der Waals surface area contributed by atoms with Crippen molar-refractivity contribution in [2.75, 3.05) is 26.3 Å². The highest BCUT2D eigenvalue weighted by atomic mass is 16.5. The Morgan fingerprint density at radius 2 is 2.10 bits per heavy atom. The highest BCUT2D eigenvalue weighted by Gasteiger charge is 2.38. The smallest absolute Gasteiger partial charge is 0.228 e. The van der Waals surface area contributed by atoms with Crippen molar-refractivity contribution in [2.24, 2.45) is 11.8 Å². The lowest BCUT2D eigenvalue weighted by molar-refractivity contribution is -0.138. The Kier molecular flexibility index (Phi) is 4.21. The lowest BCUT2D eigenvalue weighted by Crippen LogP contribution is -2.38. The number of hydrogen-bond acceptors (Lipinski definition) is 3. The summed E-state index contributed by atoms with van der Waals surface area (Å²) in [4.78, 5) is 14.4. The van der Waals surface area contributed by atoms with E-state index in [9.17, 15) is 10.1 Å². The summed E-state index contributed by atoms with van der Waals surface area (Å²) < 4.78 is 5.41. The quantitative estimate of drug-likeness (QED) is 0.836. The van der Waals surface area contributed by atoms with E-state index in [-0.39, 0.29) is 23.7 Å². The summed E-state index contributed by atoms with van der Waals surface area (Å²) in [6.45, 7) is 2.49. The molecule has 2 saturated heterocycles. The van der Waals surface area contributed by atoms with E-state index < -0.39 is 0 Å². The number of amides is 1. The third kappa shape index (κ3) is 2.93. The molecule has 110 valence electrons. The standard InChI is InChI=1S/C17H20N2O2/c18-9-15-10-19(17(20)14-7-4-8-21-12-14)11-16(15)13-5-2-1-3-6-13/h1-3,5-6,14-16H,4,7-8,10-12H2/t14-,15-,16+/m1/s1. The van der Waals surface area contributed by atoms with Crippen LogP contribution in [0.15, 0.2) is 30.3 Å². The Balaban J connectivity index is 1.72. The van der Waals surface area contributed by atoms with Crippen LogP contribution in [-0.4, -0.2) is 37.1 Å². The molecule has 4 nitrogen and oxygen atoms in total. The van der Waals surface area contributed by atoms with Crippen LogP contribution in [0.1, 0.15) is 24.3 Å². The molecule has 1 aromatic carbocycles. The lowest BCUT2D eigenvalue weighted by atomic mass is 9.90. The first kappa shape index (κ1) is 14.1. The fourth-order valence-corrected chi connectivity index (χ4v) is 3.35. The molecule has 21 heavy (non-hydrogen) atoms. The van der Waals surface area contributed by atoms with Gasteiger partial charge in [-0.3, -0.25) is 4.79 Å². The van der Waals surface area contributed by atoms with Crippen molar-refractivity contribution in [3.05, 3.63) is 35.9 Å². The number of rotatable bonds is 2. The summed E-state index contributed by atoms with van der Waals surface area (Å²) in [5.41, 5.74) is 1.15. The predicted octanol–water partition coefficient (Wildman–Crippen LogP) is 2.18. The number of nitrogens with zero attached hydrogens (tertiary/aromatic N) is 2. The molecule has 1 aromatic rings. The predicted molar refractivity (Wildman–Crippen MR) is 78.4 cm³/mol. The minimum absolute atomic E-state index is 0.0207. The van der Waals surface area contributed by atoms with Crippen molar-refractivity contribution in [1.82, 2.24) is 4.90 Å². The van der Waals surface area contributed by atoms with Gasteiger partial charge in [0, 0.05) is 25.6 Å². The van der Waals surface area contributed by atoms with Crippen molar-refractivity contribution in [3.63, 3.8) is 0 Å². The van der Waals surface area contributed by atoms with Crippen molar-refractivity contribution in [1.29, 1.82) is 5.26 Å². The molecular formula is C17H20N2O2. The molecule has 2 aliphatic rings. The molecule has 0 aromatic heterocycles. The zero-order valence-electron chi connectivity index (χ0n) is 12.1. The molecule has 4 heteroatoms. The van der Waals surface area contributed by atoms with Gasteiger partial charge < -0.3 is 9.64 Å². The van der Waals surface area contributed by atoms with Gasteiger partial charge in [-0.05, 0) is 18.4 Å². The molecule has 0 radical (unpaired) electrons. The van der Waals surface area contributed by atoms with E-state index in [4.69, 9.17) is 4.74 Å². The van der Waals surface area contributed by atoms with Crippen LogP contribution in [0.3, 0.4) is 0 Å². The Labute approximate surface area is 125 Å². The fourth-order valence-electron chi connectivity index (χ4n) is 3.35. The molecule has 0 saturated carbocycles. The molecule has 0 N–H and O–H groups in total. The third-order valence-corrected chi connectivity index (χ3v) is 4.53. The maximum absolute atomic E-state index is 12.6. The summed E-state index contributed by atoms with van der Waals surface area (Å²) >= 11 is 0. The molecular weight excluding hydrogens is 264 g/mol. The number of ether oxygens (including phenoxy) is 1. The van der Waals surface area contributed by atoms with Crippen LogP contribution < -0.4 is 0 Å². The number of benzene rings is 1. The van der Waals surface area contributed by atoms with Crippen molar-refractivity contribution >= 4 is 5.91 Å². The van der Waals surface area contributed by atoms with Gasteiger partial charge in [-0.2, -0.15) is 5.26 Å². The SMILES string of the molecule is N#C[C@@H]1CN(C(=O)[C@@H]2CCCOC2)C[C@H]1c1ccccc1. The monoisotopic (exact) mass is 284 g/mol. The van der Waals surface area contributed by atoms with E-state index in [1.165, 1.54) is 0 Å². The van der Waals surface area contributed by atoms with E-state index in [0.29, 0.717) is 19.7 Å². The van der Waals surface area contributed by atoms with Gasteiger partial charge >= 0.3 is 0 Å². The Morgan fingerprint density at radius 1 is 1.29 bits per heavy atom. The van der Waals surface area contributed by atoms with Crippen molar-refractivity contribution in [2.45, 2.75) is 18.8 Å². The van der Waals surface area contributed by atoms with Gasteiger partial charge in [0.2, 0.25) is 5.91 Å². The van der Waals surface area contributed by atoms with Gasteiger partial charge in [-0.1, -0.05) is 30.3 Å². The molecule has 2 heterocycles. The van der Waals surface area contributed by atoms with Crippen LogP contribution in [0.5, 0.6) is 0 Å². The Bertz CT molecular complexity index is 531. The largest absolute Gasteiger partial charge is 0.381 e. The third-order valence-electron chi connectivity index (χ3n) is 4.53. The maximum Gasteiger partial charge on any atom is 0.228 e. The van der Waals surface area contributed by atoms with E-state index in [1.807, 2.05) is 35.2 Å². The maximum atomic E-state index is 12.6. The van der Waals surface area contributed by atoms with E-state index >= 15 is 0 Å². The number of hydrogen-bond donors (Lipinski definition) is 0. The first-order valence-corrected chi connectivity index (χ1v) is 7.60. The molecule has 0 aliphatic carbocycles.